The van der Waals surface area contributed by atoms with Gasteiger partial charge in [0.05, 0.1) is 41.6 Å². The third kappa shape index (κ3) is 8.43. The van der Waals surface area contributed by atoms with Crippen LogP contribution in [0.2, 0.25) is 0 Å². The average molecular weight is 945 g/mol. The standard InChI is InChI=1S/C54H48N12O5/c67-52(39-16-18-56-31-61-39)64-49(33-11-5-2-6-12-33)54(69)66-20-8-14-43(66)51-59-27-41(63-51)35-22-37-29-70-44-23-34(21-36-28-71-45(24-35)47(37)46(36)44)40-26-58-50(62-40)42-13-7-19-65(42)53(68)48(32-9-3-1-4-10-32)57-25-38-15-17-55-30-60-38/h1-6,9-12,15-18,21-24,26-27,30-31,42-43,48-49,57H,7-8,13-14,19-20,25,28-29H2,(H,58,62)(H,59,63)(H,64,67)/t42-,43-,48+,49+/m0/s1. The maximum Gasteiger partial charge on any atom is 0.270 e. The van der Waals surface area contributed by atoms with Crippen molar-refractivity contribution >= 4 is 17.7 Å². The maximum atomic E-state index is 14.4. The van der Waals surface area contributed by atoms with Gasteiger partial charge in [-0.2, -0.15) is 0 Å². The SMILES string of the molecule is O=C(N[C@@H](C(=O)N1CCC[C@H]1c1ncc(-c2cc3c4c(c2)OCc2cc(-c5cnc([C@@H]6CCCN6C(=O)[C@H](NCc6ccncn6)c6ccccc6)[nH]5)cc(c2-4)OC3)[nH]1)c1ccccc1)c1ccncn1. The van der Waals surface area contributed by atoms with Crippen LogP contribution in [0, 0.1) is 0 Å². The Balaban J connectivity index is 0.767. The number of hydrogen-bond acceptors (Lipinski definition) is 12. The van der Waals surface area contributed by atoms with Gasteiger partial charge in [0.1, 0.15) is 66.8 Å². The van der Waals surface area contributed by atoms with Gasteiger partial charge in [-0.25, -0.2) is 29.9 Å². The van der Waals surface area contributed by atoms with Crippen LogP contribution in [0.3, 0.4) is 0 Å². The van der Waals surface area contributed by atoms with Crippen LogP contribution in [-0.4, -0.2) is 80.5 Å². The van der Waals surface area contributed by atoms with Crippen LogP contribution in [0.4, 0.5) is 0 Å². The highest BCUT2D eigenvalue weighted by Crippen LogP contribution is 2.51. The van der Waals surface area contributed by atoms with E-state index in [4.69, 9.17) is 19.4 Å². The van der Waals surface area contributed by atoms with Gasteiger partial charge in [0.2, 0.25) is 11.8 Å². The van der Waals surface area contributed by atoms with Crippen molar-refractivity contribution in [2.75, 3.05) is 13.1 Å². The van der Waals surface area contributed by atoms with Crippen LogP contribution in [0.1, 0.15) is 99.9 Å². The average Bonchev–Trinajstić information content (AvgIpc) is 4.28. The first-order valence-corrected chi connectivity index (χ1v) is 23.9. The molecule has 4 aliphatic rings. The lowest BCUT2D eigenvalue weighted by Crippen LogP contribution is -2.43. The Morgan fingerprint density at radius 3 is 1.70 bits per heavy atom. The molecule has 0 bridgehead atoms. The molecular weight excluding hydrogens is 897 g/mol. The Kier molecular flexibility index (Phi) is 11.5. The van der Waals surface area contributed by atoms with Crippen molar-refractivity contribution in [3.05, 3.63) is 180 Å². The number of nitrogens with zero attached hydrogens (tertiary/aromatic N) is 8. The lowest BCUT2D eigenvalue weighted by molar-refractivity contribution is -0.135. The van der Waals surface area contributed by atoms with Crippen molar-refractivity contribution < 1.29 is 23.9 Å². The van der Waals surface area contributed by atoms with Gasteiger partial charge in [-0.3, -0.25) is 19.7 Å². The largest absolute Gasteiger partial charge is 0.488 e. The van der Waals surface area contributed by atoms with Gasteiger partial charge in [-0.05, 0) is 73.2 Å². The Hall–Kier alpha value is -8.57. The van der Waals surface area contributed by atoms with Gasteiger partial charge < -0.3 is 34.6 Å². The normalized spacial score (nSPS) is 17.5. The molecule has 17 heteroatoms. The van der Waals surface area contributed by atoms with E-state index >= 15 is 0 Å². The summed E-state index contributed by atoms with van der Waals surface area (Å²) in [6, 6.07) is 28.7. The molecule has 0 spiro atoms. The van der Waals surface area contributed by atoms with Crippen molar-refractivity contribution in [1.29, 1.82) is 0 Å². The molecular formula is C54H48N12O5. The summed E-state index contributed by atoms with van der Waals surface area (Å²) < 4.78 is 13.1. The molecule has 4 aliphatic heterocycles. The van der Waals surface area contributed by atoms with Crippen LogP contribution < -0.4 is 20.1 Å². The van der Waals surface area contributed by atoms with Gasteiger partial charge in [0.15, 0.2) is 0 Å². The summed E-state index contributed by atoms with van der Waals surface area (Å²) >= 11 is 0. The Labute approximate surface area is 408 Å². The number of carbonyl (C=O) groups is 3. The lowest BCUT2D eigenvalue weighted by Gasteiger charge is -2.30. The summed E-state index contributed by atoms with van der Waals surface area (Å²) in [4.78, 5) is 79.0. The summed E-state index contributed by atoms with van der Waals surface area (Å²) in [6.07, 6.45) is 12.8. The van der Waals surface area contributed by atoms with E-state index in [9.17, 15) is 14.4 Å². The third-order valence-corrected chi connectivity index (χ3v) is 13.9. The number of likely N-dealkylation sites (tertiary alicyclic amines) is 2. The molecule has 0 radical (unpaired) electrons. The van der Waals surface area contributed by atoms with Crippen molar-refractivity contribution in [1.82, 2.24) is 60.3 Å². The van der Waals surface area contributed by atoms with E-state index in [2.05, 4.69) is 58.7 Å². The molecule has 17 nitrogen and oxygen atoms in total. The number of H-pyrrole nitrogens is 2. The highest BCUT2D eigenvalue weighted by atomic mass is 16.5. The summed E-state index contributed by atoms with van der Waals surface area (Å²) in [5, 5.41) is 6.39. The first-order chi connectivity index (χ1) is 34.9. The number of rotatable bonds is 13. The van der Waals surface area contributed by atoms with Crippen LogP contribution in [0.25, 0.3) is 33.6 Å². The molecule has 4 aromatic carbocycles. The zero-order valence-corrected chi connectivity index (χ0v) is 38.5. The molecule has 4 atom stereocenters. The fraction of sp³-hybridized carbons (Fsp3) is 0.241. The quantitative estimate of drug-likeness (QED) is 0.0885. The number of nitrogens with one attached hydrogen (secondary N) is 4. The van der Waals surface area contributed by atoms with Gasteiger partial charge in [-0.15, -0.1) is 0 Å². The summed E-state index contributed by atoms with van der Waals surface area (Å²) in [6.45, 7) is 2.24. The lowest BCUT2D eigenvalue weighted by atomic mass is 9.87. The maximum absolute atomic E-state index is 14.4. The van der Waals surface area contributed by atoms with Gasteiger partial charge in [-0.1, -0.05) is 60.7 Å². The molecule has 0 unspecified atom stereocenters. The van der Waals surface area contributed by atoms with Crippen LogP contribution >= 0.6 is 0 Å². The Morgan fingerprint density at radius 1 is 0.634 bits per heavy atom. The van der Waals surface area contributed by atoms with E-state index in [1.807, 2.05) is 83.9 Å². The second-order valence-corrected chi connectivity index (χ2v) is 18.2. The zero-order valence-electron chi connectivity index (χ0n) is 38.5. The van der Waals surface area contributed by atoms with Crippen LogP contribution in [0.5, 0.6) is 11.5 Å². The summed E-state index contributed by atoms with van der Waals surface area (Å²) in [5.74, 6) is 2.24. The van der Waals surface area contributed by atoms with Crippen molar-refractivity contribution in [2.24, 2.45) is 0 Å². The van der Waals surface area contributed by atoms with E-state index < -0.39 is 18.0 Å². The fourth-order valence-corrected chi connectivity index (χ4v) is 10.4. The first kappa shape index (κ1) is 43.7. The number of benzene rings is 4. The molecule has 4 N–H and O–H groups in total. The molecule has 0 aliphatic carbocycles. The number of aromatic amines is 2. The minimum atomic E-state index is -0.926. The highest BCUT2D eigenvalue weighted by molar-refractivity contribution is 5.96. The number of hydrogen-bond donors (Lipinski definition) is 4. The molecule has 3 amide bonds. The number of amides is 3. The number of ether oxygens (including phenoxy) is 2. The van der Waals surface area contributed by atoms with E-state index in [1.54, 1.807) is 17.3 Å². The topological polar surface area (TPSA) is 209 Å². The molecule has 71 heavy (non-hydrogen) atoms. The first-order valence-electron chi connectivity index (χ1n) is 23.9. The molecule has 8 aromatic rings. The molecule has 354 valence electrons. The van der Waals surface area contributed by atoms with E-state index in [0.29, 0.717) is 50.7 Å². The van der Waals surface area contributed by atoms with E-state index in [1.165, 1.54) is 24.9 Å². The van der Waals surface area contributed by atoms with E-state index in [-0.39, 0.29) is 29.6 Å². The predicted octanol–water partition coefficient (Wildman–Crippen LogP) is 7.53. The second kappa shape index (κ2) is 18.7. The van der Waals surface area contributed by atoms with Crippen molar-refractivity contribution in [2.45, 2.75) is 69.6 Å². The Bertz CT molecular complexity index is 3210. The predicted molar refractivity (Wildman–Crippen MR) is 260 cm³/mol. The molecule has 2 saturated heterocycles. The fourth-order valence-electron chi connectivity index (χ4n) is 10.4. The molecule has 4 aromatic heterocycles. The molecule has 2 fully saturated rings. The van der Waals surface area contributed by atoms with Gasteiger partial charge in [0, 0.05) is 65.4 Å². The number of aromatic nitrogens is 8. The Morgan fingerprint density at radius 2 is 1.17 bits per heavy atom. The van der Waals surface area contributed by atoms with E-state index in [0.717, 1.165) is 92.6 Å². The molecule has 8 heterocycles. The minimum absolute atomic E-state index is 0.0100. The molecule has 12 rings (SSSR count). The highest BCUT2D eigenvalue weighted by Gasteiger charge is 2.39. The number of carbonyl (C=O) groups excluding carboxylic acids is 3. The van der Waals surface area contributed by atoms with Crippen molar-refractivity contribution in [3.8, 4) is 45.1 Å². The molecule has 0 saturated carbocycles. The third-order valence-electron chi connectivity index (χ3n) is 13.9. The van der Waals surface area contributed by atoms with Gasteiger partial charge >= 0.3 is 0 Å². The summed E-state index contributed by atoms with van der Waals surface area (Å²) in [5.41, 5.74) is 9.99. The van der Waals surface area contributed by atoms with Crippen LogP contribution in [0.15, 0.2) is 135 Å². The zero-order chi connectivity index (χ0) is 47.8. The smallest absolute Gasteiger partial charge is 0.270 e. The van der Waals surface area contributed by atoms with Crippen molar-refractivity contribution in [3.63, 3.8) is 0 Å². The van der Waals surface area contributed by atoms with Gasteiger partial charge in [0.25, 0.3) is 5.91 Å². The van der Waals surface area contributed by atoms with Crippen LogP contribution in [-0.2, 0) is 29.3 Å². The summed E-state index contributed by atoms with van der Waals surface area (Å²) in [7, 11) is 0. The number of imidazole rings is 2. The minimum Gasteiger partial charge on any atom is -0.488 e. The monoisotopic (exact) mass is 944 g/mol. The second-order valence-electron chi connectivity index (χ2n) is 18.2.